The van der Waals surface area contributed by atoms with Gasteiger partial charge >= 0.3 is 0 Å². The van der Waals surface area contributed by atoms with Crippen molar-refractivity contribution in [3.05, 3.63) is 21.9 Å². The molecule has 0 spiro atoms. The van der Waals surface area contributed by atoms with E-state index in [2.05, 4.69) is 19.1 Å². The Kier molecular flexibility index (Phi) is 4.56. The van der Waals surface area contributed by atoms with Crippen LogP contribution in [0.15, 0.2) is 12.1 Å². The van der Waals surface area contributed by atoms with Gasteiger partial charge in [0.15, 0.2) is 0 Å². The molecule has 0 aromatic carbocycles. The Hall–Kier alpha value is -0.420. The van der Waals surface area contributed by atoms with Crippen LogP contribution in [-0.2, 0) is 9.47 Å². The van der Waals surface area contributed by atoms with Gasteiger partial charge in [0.1, 0.15) is 6.10 Å². The second-order valence-corrected chi connectivity index (χ2v) is 6.00. The molecule has 0 saturated carbocycles. The van der Waals surface area contributed by atoms with Crippen molar-refractivity contribution in [1.82, 2.24) is 0 Å². The van der Waals surface area contributed by atoms with Gasteiger partial charge in [-0.3, -0.25) is 0 Å². The third-order valence-corrected chi connectivity index (χ3v) is 4.09. The molecule has 0 radical (unpaired) electrons. The fraction of sp³-hybridized carbons (Fsp3) is 0.692. The maximum atomic E-state index is 6.16. The number of thiophene rings is 1. The second-order valence-electron chi connectivity index (χ2n) is 4.68. The van der Waals surface area contributed by atoms with Gasteiger partial charge in [-0.2, -0.15) is 0 Å². The molecule has 2 heterocycles. The molecule has 3 nitrogen and oxygen atoms in total. The monoisotopic (exact) mass is 255 g/mol. The number of hydrogen-bond donors (Lipinski definition) is 1. The van der Waals surface area contributed by atoms with Gasteiger partial charge in [0.25, 0.3) is 0 Å². The zero-order valence-corrected chi connectivity index (χ0v) is 11.3. The summed E-state index contributed by atoms with van der Waals surface area (Å²) < 4.78 is 11.5. The SMILES string of the molecule is Cc1ccc(C(OC2CCOCC2)C(C)N)s1. The maximum Gasteiger partial charge on any atom is 0.107 e. The largest absolute Gasteiger partial charge is 0.381 e. The van der Waals surface area contributed by atoms with Crippen LogP contribution < -0.4 is 5.73 Å². The fourth-order valence-electron chi connectivity index (χ4n) is 2.08. The summed E-state index contributed by atoms with van der Waals surface area (Å²) in [6, 6.07) is 4.28. The first-order chi connectivity index (χ1) is 8.16. The normalized spacial score (nSPS) is 21.4. The van der Waals surface area contributed by atoms with Gasteiger partial charge in [-0.15, -0.1) is 11.3 Å². The van der Waals surface area contributed by atoms with E-state index in [1.807, 2.05) is 6.92 Å². The molecule has 1 aromatic rings. The first-order valence-electron chi connectivity index (χ1n) is 6.22. The van der Waals surface area contributed by atoms with E-state index >= 15 is 0 Å². The van der Waals surface area contributed by atoms with E-state index in [0.717, 1.165) is 26.1 Å². The zero-order chi connectivity index (χ0) is 12.3. The minimum absolute atomic E-state index is 0.0240. The van der Waals surface area contributed by atoms with E-state index in [9.17, 15) is 0 Å². The fourth-order valence-corrected chi connectivity index (χ4v) is 3.11. The van der Waals surface area contributed by atoms with Gasteiger partial charge in [-0.05, 0) is 38.8 Å². The number of ether oxygens (including phenoxy) is 2. The molecule has 96 valence electrons. The molecular formula is C13H21NO2S. The smallest absolute Gasteiger partial charge is 0.107 e. The lowest BCUT2D eigenvalue weighted by molar-refractivity contribution is -0.0746. The van der Waals surface area contributed by atoms with Crippen LogP contribution in [0.2, 0.25) is 0 Å². The standard InChI is InChI=1S/C13H21NO2S/c1-9-3-4-12(17-9)13(10(2)14)16-11-5-7-15-8-6-11/h3-4,10-11,13H,5-8,14H2,1-2H3. The predicted octanol–water partition coefficient (Wildman–Crippen LogP) is 2.64. The highest BCUT2D eigenvalue weighted by molar-refractivity contribution is 7.12. The molecule has 1 fully saturated rings. The molecule has 4 heteroatoms. The number of hydrogen-bond acceptors (Lipinski definition) is 4. The molecular weight excluding hydrogens is 234 g/mol. The second kappa shape index (κ2) is 5.96. The van der Waals surface area contributed by atoms with Gasteiger partial charge < -0.3 is 15.2 Å². The van der Waals surface area contributed by atoms with Crippen LogP contribution in [0.3, 0.4) is 0 Å². The van der Waals surface area contributed by atoms with Crippen molar-refractivity contribution in [2.45, 2.75) is 44.9 Å². The minimum Gasteiger partial charge on any atom is -0.381 e. The summed E-state index contributed by atoms with van der Waals surface area (Å²) in [4.78, 5) is 2.55. The van der Waals surface area contributed by atoms with Crippen LogP contribution in [0.4, 0.5) is 0 Å². The molecule has 2 atom stereocenters. The van der Waals surface area contributed by atoms with E-state index in [1.165, 1.54) is 9.75 Å². The van der Waals surface area contributed by atoms with E-state index in [1.54, 1.807) is 11.3 Å². The van der Waals surface area contributed by atoms with Gasteiger partial charge in [-0.25, -0.2) is 0 Å². The Labute approximate surface area is 107 Å². The Bertz CT molecular complexity index is 345. The topological polar surface area (TPSA) is 44.5 Å². The Balaban J connectivity index is 2.01. The quantitative estimate of drug-likeness (QED) is 0.899. The average Bonchev–Trinajstić information content (AvgIpc) is 2.73. The molecule has 2 N–H and O–H groups in total. The summed E-state index contributed by atoms with van der Waals surface area (Å²) in [5, 5.41) is 0. The summed E-state index contributed by atoms with van der Waals surface area (Å²) in [5.41, 5.74) is 6.05. The van der Waals surface area contributed by atoms with Gasteiger partial charge in [0.2, 0.25) is 0 Å². The number of rotatable bonds is 4. The van der Waals surface area contributed by atoms with Gasteiger partial charge in [0, 0.05) is 29.0 Å². The first-order valence-corrected chi connectivity index (χ1v) is 7.03. The zero-order valence-electron chi connectivity index (χ0n) is 10.5. The van der Waals surface area contributed by atoms with Crippen molar-refractivity contribution in [2.75, 3.05) is 13.2 Å². The van der Waals surface area contributed by atoms with Gasteiger partial charge in [0.05, 0.1) is 6.10 Å². The third-order valence-electron chi connectivity index (χ3n) is 3.03. The predicted molar refractivity (Wildman–Crippen MR) is 70.4 cm³/mol. The molecule has 2 rings (SSSR count). The molecule has 1 aliphatic heterocycles. The minimum atomic E-state index is 0.0240. The van der Waals surface area contributed by atoms with Crippen LogP contribution in [-0.4, -0.2) is 25.4 Å². The van der Waals surface area contributed by atoms with E-state index < -0.39 is 0 Å². The summed E-state index contributed by atoms with van der Waals surface area (Å²) in [6.07, 6.45) is 2.28. The molecule has 1 aromatic heterocycles. The lowest BCUT2D eigenvalue weighted by Gasteiger charge is -2.29. The first kappa shape index (κ1) is 13.0. The Morgan fingerprint density at radius 3 is 2.65 bits per heavy atom. The molecule has 2 unspecified atom stereocenters. The van der Waals surface area contributed by atoms with Crippen LogP contribution >= 0.6 is 11.3 Å². The average molecular weight is 255 g/mol. The maximum absolute atomic E-state index is 6.16. The molecule has 1 aliphatic rings. The van der Waals surface area contributed by atoms with Crippen LogP contribution in [0.1, 0.15) is 35.6 Å². The number of nitrogens with two attached hydrogens (primary N) is 1. The summed E-state index contributed by atoms with van der Waals surface area (Å²) >= 11 is 1.78. The van der Waals surface area contributed by atoms with E-state index in [4.69, 9.17) is 15.2 Å². The van der Waals surface area contributed by atoms with Crippen LogP contribution in [0.5, 0.6) is 0 Å². The number of aryl methyl sites for hydroxylation is 1. The lowest BCUT2D eigenvalue weighted by atomic mass is 10.1. The van der Waals surface area contributed by atoms with Crippen molar-refractivity contribution in [2.24, 2.45) is 5.73 Å². The van der Waals surface area contributed by atoms with E-state index in [0.29, 0.717) is 6.10 Å². The molecule has 0 amide bonds. The van der Waals surface area contributed by atoms with Crippen molar-refractivity contribution in [3.63, 3.8) is 0 Å². The van der Waals surface area contributed by atoms with Crippen LogP contribution in [0.25, 0.3) is 0 Å². The highest BCUT2D eigenvalue weighted by Gasteiger charge is 2.24. The molecule has 1 saturated heterocycles. The molecule has 17 heavy (non-hydrogen) atoms. The van der Waals surface area contributed by atoms with Gasteiger partial charge in [-0.1, -0.05) is 0 Å². The summed E-state index contributed by atoms with van der Waals surface area (Å²) in [5.74, 6) is 0. The third kappa shape index (κ3) is 3.52. The molecule has 0 aliphatic carbocycles. The summed E-state index contributed by atoms with van der Waals surface area (Å²) in [7, 11) is 0. The summed E-state index contributed by atoms with van der Waals surface area (Å²) in [6.45, 7) is 5.74. The lowest BCUT2D eigenvalue weighted by Crippen LogP contribution is -2.32. The van der Waals surface area contributed by atoms with E-state index in [-0.39, 0.29) is 12.1 Å². The van der Waals surface area contributed by atoms with Crippen molar-refractivity contribution in [3.8, 4) is 0 Å². The Morgan fingerprint density at radius 1 is 1.41 bits per heavy atom. The Morgan fingerprint density at radius 2 is 2.12 bits per heavy atom. The highest BCUT2D eigenvalue weighted by Crippen LogP contribution is 2.30. The molecule has 0 bridgehead atoms. The highest BCUT2D eigenvalue weighted by atomic mass is 32.1. The van der Waals surface area contributed by atoms with Crippen molar-refractivity contribution < 1.29 is 9.47 Å². The van der Waals surface area contributed by atoms with Crippen LogP contribution in [0, 0.1) is 6.92 Å². The van der Waals surface area contributed by atoms with Crippen molar-refractivity contribution in [1.29, 1.82) is 0 Å². The van der Waals surface area contributed by atoms with Crippen molar-refractivity contribution >= 4 is 11.3 Å².